The number of halogens is 9. The van der Waals surface area contributed by atoms with E-state index in [1.54, 1.807) is 13.8 Å². The third kappa shape index (κ3) is 10.2. The highest BCUT2D eigenvalue weighted by Crippen LogP contribution is 2.34. The van der Waals surface area contributed by atoms with Gasteiger partial charge in [-0.2, -0.15) is 26.3 Å². The van der Waals surface area contributed by atoms with Gasteiger partial charge in [0.2, 0.25) is 0 Å². The quantitative estimate of drug-likeness (QED) is 0.183. The van der Waals surface area contributed by atoms with E-state index in [0.29, 0.717) is 35.4 Å². The average molecular weight is 618 g/mol. The number of aryl methyl sites for hydroxylation is 2. The van der Waals surface area contributed by atoms with Gasteiger partial charge >= 0.3 is 12.4 Å². The van der Waals surface area contributed by atoms with Gasteiger partial charge in [-0.05, 0) is 97.8 Å². The van der Waals surface area contributed by atoms with Gasteiger partial charge in [-0.1, -0.05) is 0 Å². The molecule has 0 unspecified atom stereocenters. The van der Waals surface area contributed by atoms with Crippen molar-refractivity contribution in [3.8, 4) is 17.2 Å². The molecule has 0 saturated carbocycles. The SMILES string of the molecule is Cc1cc(F)ccc1O.Cc1cc(F)ccc1Oc1ccc(C(F)(F)F)cc1C=O.O=Cc1cc(C(F)(F)F)ccc1F.[HH]. The van der Waals surface area contributed by atoms with Gasteiger partial charge in [0, 0.05) is 1.43 Å². The maximum atomic E-state index is 13.0. The number of aromatic hydroxyl groups is 1. The summed E-state index contributed by atoms with van der Waals surface area (Å²) in [7, 11) is 0. The molecule has 230 valence electrons. The highest BCUT2D eigenvalue weighted by molar-refractivity contribution is 5.80. The number of hydrogen-bond donors (Lipinski definition) is 1. The van der Waals surface area contributed by atoms with Crippen molar-refractivity contribution in [2.45, 2.75) is 26.2 Å². The third-order valence-electron chi connectivity index (χ3n) is 5.43. The number of rotatable bonds is 4. The number of aldehydes is 2. The minimum absolute atomic E-state index is 0. The summed E-state index contributed by atoms with van der Waals surface area (Å²) in [6.45, 7) is 3.24. The average Bonchev–Trinajstić information content (AvgIpc) is 2.92. The molecule has 4 aromatic rings. The number of carbonyl (C=O) groups is 2. The second-order valence-electron chi connectivity index (χ2n) is 8.66. The van der Waals surface area contributed by atoms with E-state index in [1.165, 1.54) is 30.3 Å². The van der Waals surface area contributed by atoms with Crippen LogP contribution in [0.25, 0.3) is 0 Å². The van der Waals surface area contributed by atoms with Crippen LogP contribution >= 0.6 is 0 Å². The molecule has 0 heterocycles. The zero-order chi connectivity index (χ0) is 32.5. The fraction of sp³-hybridized carbons (Fsp3) is 0.133. The maximum Gasteiger partial charge on any atom is 0.416 e. The molecule has 0 aliphatic rings. The van der Waals surface area contributed by atoms with E-state index in [-0.39, 0.29) is 42.6 Å². The zero-order valence-electron chi connectivity index (χ0n) is 22.2. The van der Waals surface area contributed by atoms with E-state index in [4.69, 9.17) is 9.84 Å². The summed E-state index contributed by atoms with van der Waals surface area (Å²) in [5.41, 5.74) is -1.76. The first-order chi connectivity index (χ1) is 20.0. The molecule has 4 aromatic carbocycles. The van der Waals surface area contributed by atoms with Crippen LogP contribution in [0, 0.1) is 31.3 Å². The Bertz CT molecular complexity index is 1590. The number of phenolic OH excluding ortho intramolecular Hbond substituents is 1. The summed E-state index contributed by atoms with van der Waals surface area (Å²) < 4.78 is 117. The Hall–Kier alpha value is -4.81. The molecular weight excluding hydrogens is 595 g/mol. The van der Waals surface area contributed by atoms with Gasteiger partial charge in [-0.25, -0.2) is 13.2 Å². The Morgan fingerprint density at radius 2 is 1.09 bits per heavy atom. The van der Waals surface area contributed by atoms with E-state index >= 15 is 0 Å². The lowest BCUT2D eigenvalue weighted by atomic mass is 10.1. The summed E-state index contributed by atoms with van der Waals surface area (Å²) in [5, 5.41) is 8.88. The monoisotopic (exact) mass is 618 g/mol. The van der Waals surface area contributed by atoms with Crippen molar-refractivity contribution in [3.63, 3.8) is 0 Å². The van der Waals surface area contributed by atoms with Crippen LogP contribution in [0.3, 0.4) is 0 Å². The van der Waals surface area contributed by atoms with Crippen LogP contribution in [-0.4, -0.2) is 17.7 Å². The predicted octanol–water partition coefficient (Wildman–Crippen LogP) is 9.50. The van der Waals surface area contributed by atoms with E-state index in [0.717, 1.165) is 18.2 Å². The summed E-state index contributed by atoms with van der Waals surface area (Å²) in [5.74, 6) is -1.35. The van der Waals surface area contributed by atoms with Crippen molar-refractivity contribution in [1.29, 1.82) is 0 Å². The number of benzene rings is 4. The number of carbonyl (C=O) groups excluding carboxylic acids is 2. The molecule has 43 heavy (non-hydrogen) atoms. The molecule has 0 aliphatic carbocycles. The first-order valence-corrected chi connectivity index (χ1v) is 11.8. The zero-order valence-corrected chi connectivity index (χ0v) is 22.2. The largest absolute Gasteiger partial charge is 0.508 e. The number of hydrogen-bond acceptors (Lipinski definition) is 4. The van der Waals surface area contributed by atoms with Crippen LogP contribution in [0.2, 0.25) is 0 Å². The molecule has 0 aliphatic heterocycles. The Morgan fingerprint density at radius 3 is 1.56 bits per heavy atom. The molecule has 4 rings (SSSR count). The lowest BCUT2D eigenvalue weighted by Crippen LogP contribution is -2.06. The smallest absolute Gasteiger partial charge is 0.416 e. The Morgan fingerprint density at radius 1 is 0.628 bits per heavy atom. The molecule has 0 amide bonds. The molecule has 1 N–H and O–H groups in total. The number of phenols is 1. The van der Waals surface area contributed by atoms with Crippen molar-refractivity contribution in [3.05, 3.63) is 124 Å². The third-order valence-corrected chi connectivity index (χ3v) is 5.43. The van der Waals surface area contributed by atoms with E-state index in [1.807, 2.05) is 0 Å². The Labute approximate surface area is 240 Å². The highest BCUT2D eigenvalue weighted by Gasteiger charge is 2.32. The summed E-state index contributed by atoms with van der Waals surface area (Å²) in [6.07, 6.45) is -8.76. The molecule has 4 nitrogen and oxygen atoms in total. The molecule has 0 saturated heterocycles. The van der Waals surface area contributed by atoms with Gasteiger partial charge in [0.1, 0.15) is 34.7 Å². The van der Waals surface area contributed by atoms with Gasteiger partial charge in [-0.3, -0.25) is 9.59 Å². The van der Waals surface area contributed by atoms with Crippen LogP contribution in [0.15, 0.2) is 72.8 Å². The van der Waals surface area contributed by atoms with Crippen LogP contribution in [0.1, 0.15) is 44.4 Å². The first-order valence-electron chi connectivity index (χ1n) is 11.8. The predicted molar refractivity (Wildman–Crippen MR) is 140 cm³/mol. The first kappa shape index (κ1) is 34.4. The Balaban J connectivity index is 0.000000359. The van der Waals surface area contributed by atoms with Crippen LogP contribution < -0.4 is 4.74 Å². The lowest BCUT2D eigenvalue weighted by molar-refractivity contribution is -0.138. The van der Waals surface area contributed by atoms with Gasteiger partial charge in [0.05, 0.1) is 22.3 Å². The molecular formula is C30H23F9O4. The molecule has 0 radical (unpaired) electrons. The minimum atomic E-state index is -4.55. The molecule has 13 heteroatoms. The van der Waals surface area contributed by atoms with Crippen molar-refractivity contribution < 1.29 is 60.4 Å². The van der Waals surface area contributed by atoms with Gasteiger partial charge in [0.15, 0.2) is 12.6 Å². The molecule has 0 atom stereocenters. The van der Waals surface area contributed by atoms with Gasteiger partial charge in [0.25, 0.3) is 0 Å². The van der Waals surface area contributed by atoms with E-state index < -0.39 is 40.7 Å². The lowest BCUT2D eigenvalue weighted by Gasteiger charge is -2.13. The van der Waals surface area contributed by atoms with E-state index in [2.05, 4.69) is 0 Å². The molecule has 0 fully saturated rings. The minimum Gasteiger partial charge on any atom is -0.508 e. The van der Waals surface area contributed by atoms with Gasteiger partial charge in [-0.15, -0.1) is 0 Å². The number of ether oxygens (including phenoxy) is 1. The molecule has 0 spiro atoms. The van der Waals surface area contributed by atoms with Crippen molar-refractivity contribution in [2.75, 3.05) is 0 Å². The van der Waals surface area contributed by atoms with Crippen molar-refractivity contribution in [1.82, 2.24) is 0 Å². The van der Waals surface area contributed by atoms with Crippen molar-refractivity contribution in [2.24, 2.45) is 0 Å². The van der Waals surface area contributed by atoms with Crippen molar-refractivity contribution >= 4 is 12.6 Å². The second kappa shape index (κ2) is 14.4. The summed E-state index contributed by atoms with van der Waals surface area (Å²) in [6, 6.07) is 11.8. The fourth-order valence-corrected chi connectivity index (χ4v) is 3.18. The van der Waals surface area contributed by atoms with Crippen LogP contribution in [0.4, 0.5) is 39.5 Å². The van der Waals surface area contributed by atoms with E-state index in [9.17, 15) is 49.1 Å². The molecule has 0 aromatic heterocycles. The number of alkyl halides is 6. The van der Waals surface area contributed by atoms with Crippen LogP contribution in [0.5, 0.6) is 17.2 Å². The normalized spacial score (nSPS) is 11.0. The van der Waals surface area contributed by atoms with Gasteiger partial charge < -0.3 is 9.84 Å². The maximum absolute atomic E-state index is 13.0. The topological polar surface area (TPSA) is 63.6 Å². The highest BCUT2D eigenvalue weighted by atomic mass is 19.4. The second-order valence-corrected chi connectivity index (χ2v) is 8.66. The Kier molecular flexibility index (Phi) is 11.5. The standard InChI is InChI=1S/C15H10F4O2.C8H4F4O.C7H7FO.H2/c1-9-6-12(16)3-5-13(9)21-14-4-2-11(15(17,18)19)7-10(14)8-20;9-7-2-1-6(8(10,11)12)3-5(7)4-13;1-5-4-6(8)2-3-7(5)9;/h2-8H,1H3;1-4H;2-4,9H,1H3;1H. The summed E-state index contributed by atoms with van der Waals surface area (Å²) >= 11 is 0. The molecule has 0 bridgehead atoms. The summed E-state index contributed by atoms with van der Waals surface area (Å²) in [4.78, 5) is 21.0. The fourth-order valence-electron chi connectivity index (χ4n) is 3.18. The van der Waals surface area contributed by atoms with Crippen LogP contribution in [-0.2, 0) is 12.4 Å².